The van der Waals surface area contributed by atoms with Crippen molar-refractivity contribution in [2.75, 3.05) is 40.4 Å². The van der Waals surface area contributed by atoms with Crippen LogP contribution in [0.3, 0.4) is 0 Å². The van der Waals surface area contributed by atoms with E-state index >= 15 is 0 Å². The number of piperazine rings is 1. The lowest BCUT2D eigenvalue weighted by Gasteiger charge is -2.36. The summed E-state index contributed by atoms with van der Waals surface area (Å²) in [6.07, 6.45) is 2.03. The smallest absolute Gasteiger partial charge is 0.225 e. The summed E-state index contributed by atoms with van der Waals surface area (Å²) < 4.78 is 10.8. The van der Waals surface area contributed by atoms with Gasteiger partial charge in [0.15, 0.2) is 0 Å². The number of carbonyl (C=O) groups is 1. The van der Waals surface area contributed by atoms with Crippen LogP contribution in [0.5, 0.6) is 11.5 Å². The zero-order chi connectivity index (χ0) is 17.5. The number of amides is 1. The molecule has 1 aromatic carbocycles. The lowest BCUT2D eigenvalue weighted by atomic mass is 10.0. The highest BCUT2D eigenvalue weighted by molar-refractivity contribution is 5.78. The zero-order valence-electron chi connectivity index (χ0n) is 15.4. The number of methoxy groups -OCH3 is 2. The van der Waals surface area contributed by atoms with Crippen molar-refractivity contribution < 1.29 is 14.3 Å². The molecule has 0 radical (unpaired) electrons. The van der Waals surface area contributed by atoms with Gasteiger partial charge in [0.05, 0.1) is 14.2 Å². The van der Waals surface area contributed by atoms with E-state index in [0.29, 0.717) is 5.91 Å². The Labute approximate surface area is 145 Å². The highest BCUT2D eigenvalue weighted by Crippen LogP contribution is 2.25. The molecular formula is C19H30N2O3. The van der Waals surface area contributed by atoms with Gasteiger partial charge in [-0.3, -0.25) is 9.69 Å². The van der Waals surface area contributed by atoms with Gasteiger partial charge in [-0.25, -0.2) is 0 Å². The molecule has 0 N–H and O–H groups in total. The summed E-state index contributed by atoms with van der Waals surface area (Å²) in [7, 11) is 3.37. The molecule has 1 aliphatic rings. The van der Waals surface area contributed by atoms with Crippen LogP contribution in [-0.2, 0) is 11.3 Å². The van der Waals surface area contributed by atoms with E-state index in [2.05, 4.69) is 11.8 Å². The third kappa shape index (κ3) is 4.63. The minimum absolute atomic E-state index is 0.139. The number of carbonyl (C=O) groups excluding carboxylic acids is 1. The maximum atomic E-state index is 12.4. The Morgan fingerprint density at radius 2 is 1.88 bits per heavy atom. The molecule has 1 aliphatic heterocycles. The molecular weight excluding hydrogens is 304 g/mol. The fraction of sp³-hybridized carbons (Fsp3) is 0.632. The number of hydrogen-bond donors (Lipinski definition) is 0. The summed E-state index contributed by atoms with van der Waals surface area (Å²) in [6.45, 7) is 8.38. The molecule has 5 nitrogen and oxygen atoms in total. The highest BCUT2D eigenvalue weighted by atomic mass is 16.5. The van der Waals surface area contributed by atoms with Crippen LogP contribution in [0.1, 0.15) is 32.3 Å². The van der Waals surface area contributed by atoms with Crippen molar-refractivity contribution in [1.82, 2.24) is 9.80 Å². The van der Waals surface area contributed by atoms with E-state index in [1.165, 1.54) is 0 Å². The minimum Gasteiger partial charge on any atom is -0.497 e. The van der Waals surface area contributed by atoms with Crippen molar-refractivity contribution in [3.05, 3.63) is 23.8 Å². The van der Waals surface area contributed by atoms with Crippen LogP contribution in [0.15, 0.2) is 18.2 Å². The van der Waals surface area contributed by atoms with E-state index in [9.17, 15) is 4.79 Å². The van der Waals surface area contributed by atoms with Gasteiger partial charge in [-0.05, 0) is 24.6 Å². The average molecular weight is 334 g/mol. The summed E-state index contributed by atoms with van der Waals surface area (Å²) in [5.74, 6) is 2.16. The molecule has 2 rings (SSSR count). The summed E-state index contributed by atoms with van der Waals surface area (Å²) in [6, 6.07) is 5.88. The minimum atomic E-state index is 0.139. The van der Waals surface area contributed by atoms with Crippen molar-refractivity contribution in [2.24, 2.45) is 5.92 Å². The zero-order valence-corrected chi connectivity index (χ0v) is 15.4. The SMILES string of the molecule is CCC[C@H](C)C(=O)N1CCN(Cc2cc(OC)ccc2OC)CC1. The van der Waals surface area contributed by atoms with Crippen molar-refractivity contribution >= 4 is 5.91 Å². The lowest BCUT2D eigenvalue weighted by molar-refractivity contribution is -0.137. The second-order valence-corrected chi connectivity index (χ2v) is 6.47. The van der Waals surface area contributed by atoms with Crippen LogP contribution in [-0.4, -0.2) is 56.1 Å². The second-order valence-electron chi connectivity index (χ2n) is 6.47. The molecule has 24 heavy (non-hydrogen) atoms. The fourth-order valence-corrected chi connectivity index (χ4v) is 3.24. The predicted octanol–water partition coefficient (Wildman–Crippen LogP) is 2.78. The molecule has 1 saturated heterocycles. The maximum Gasteiger partial charge on any atom is 0.225 e. The number of ether oxygens (including phenoxy) is 2. The van der Waals surface area contributed by atoms with Crippen LogP contribution in [0.2, 0.25) is 0 Å². The molecule has 1 atom stereocenters. The van der Waals surface area contributed by atoms with Crippen molar-refractivity contribution in [2.45, 2.75) is 33.2 Å². The quantitative estimate of drug-likeness (QED) is 0.769. The van der Waals surface area contributed by atoms with Gasteiger partial charge in [-0.15, -0.1) is 0 Å². The monoisotopic (exact) mass is 334 g/mol. The molecule has 0 spiro atoms. The van der Waals surface area contributed by atoms with Crippen molar-refractivity contribution in [1.29, 1.82) is 0 Å². The van der Waals surface area contributed by atoms with E-state index in [0.717, 1.165) is 62.6 Å². The molecule has 0 aliphatic carbocycles. The van der Waals surface area contributed by atoms with Crippen LogP contribution < -0.4 is 9.47 Å². The van der Waals surface area contributed by atoms with E-state index < -0.39 is 0 Å². The van der Waals surface area contributed by atoms with Crippen LogP contribution in [0.4, 0.5) is 0 Å². The predicted molar refractivity (Wildman–Crippen MR) is 95.5 cm³/mol. The van der Waals surface area contributed by atoms with E-state index in [1.807, 2.05) is 30.0 Å². The Bertz CT molecular complexity index is 539. The molecule has 0 aromatic heterocycles. The third-order valence-corrected chi connectivity index (χ3v) is 4.71. The van der Waals surface area contributed by atoms with Crippen LogP contribution in [0, 0.1) is 5.92 Å². The van der Waals surface area contributed by atoms with E-state index in [1.54, 1.807) is 14.2 Å². The standard InChI is InChI=1S/C19H30N2O3/c1-5-6-15(2)19(22)21-11-9-20(10-12-21)14-16-13-17(23-3)7-8-18(16)24-4/h7-8,13,15H,5-6,9-12,14H2,1-4H3/t15-/m0/s1. The summed E-state index contributed by atoms with van der Waals surface area (Å²) in [5.41, 5.74) is 1.12. The Balaban J connectivity index is 1.92. The summed E-state index contributed by atoms with van der Waals surface area (Å²) in [4.78, 5) is 16.8. The summed E-state index contributed by atoms with van der Waals surface area (Å²) >= 11 is 0. The number of rotatable bonds is 7. The molecule has 1 fully saturated rings. The molecule has 0 unspecified atom stereocenters. The van der Waals surface area contributed by atoms with Gasteiger partial charge in [0.1, 0.15) is 11.5 Å². The number of benzene rings is 1. The van der Waals surface area contributed by atoms with Gasteiger partial charge >= 0.3 is 0 Å². The molecule has 0 bridgehead atoms. The third-order valence-electron chi connectivity index (χ3n) is 4.71. The largest absolute Gasteiger partial charge is 0.497 e. The topological polar surface area (TPSA) is 42.0 Å². The normalized spacial score (nSPS) is 16.8. The van der Waals surface area contributed by atoms with Gasteiger partial charge in [0.25, 0.3) is 0 Å². The Kier molecular flexibility index (Phi) is 6.91. The van der Waals surface area contributed by atoms with Crippen LogP contribution in [0.25, 0.3) is 0 Å². The van der Waals surface area contributed by atoms with Crippen molar-refractivity contribution in [3.8, 4) is 11.5 Å². The molecule has 1 amide bonds. The molecule has 5 heteroatoms. The highest BCUT2D eigenvalue weighted by Gasteiger charge is 2.24. The Morgan fingerprint density at radius 3 is 2.46 bits per heavy atom. The Morgan fingerprint density at radius 1 is 1.17 bits per heavy atom. The first-order chi connectivity index (χ1) is 11.6. The molecule has 134 valence electrons. The first-order valence-electron chi connectivity index (χ1n) is 8.81. The van der Waals surface area contributed by atoms with Gasteiger partial charge in [0.2, 0.25) is 5.91 Å². The number of hydrogen-bond acceptors (Lipinski definition) is 4. The maximum absolute atomic E-state index is 12.4. The van der Waals surface area contributed by atoms with Gasteiger partial charge in [-0.1, -0.05) is 20.3 Å². The van der Waals surface area contributed by atoms with Crippen molar-refractivity contribution in [3.63, 3.8) is 0 Å². The van der Waals surface area contributed by atoms with E-state index in [4.69, 9.17) is 9.47 Å². The first-order valence-corrected chi connectivity index (χ1v) is 8.81. The first kappa shape index (κ1) is 18.6. The van der Waals surface area contributed by atoms with Gasteiger partial charge in [0, 0.05) is 44.2 Å². The molecule has 1 heterocycles. The fourth-order valence-electron chi connectivity index (χ4n) is 3.24. The van der Waals surface area contributed by atoms with Gasteiger partial charge < -0.3 is 14.4 Å². The van der Waals surface area contributed by atoms with E-state index in [-0.39, 0.29) is 5.92 Å². The lowest BCUT2D eigenvalue weighted by Crippen LogP contribution is -2.49. The average Bonchev–Trinajstić information content (AvgIpc) is 2.62. The van der Waals surface area contributed by atoms with Gasteiger partial charge in [-0.2, -0.15) is 0 Å². The second kappa shape index (κ2) is 8.92. The van der Waals surface area contributed by atoms with Crippen LogP contribution >= 0.6 is 0 Å². The molecule has 0 saturated carbocycles. The summed E-state index contributed by atoms with van der Waals surface area (Å²) in [5, 5.41) is 0. The molecule has 1 aromatic rings. The number of nitrogens with zero attached hydrogens (tertiary/aromatic N) is 2. The Hall–Kier alpha value is -1.75.